The second kappa shape index (κ2) is 4.44. The van der Waals surface area contributed by atoms with Crippen molar-refractivity contribution in [3.8, 4) is 0 Å². The number of benzene rings is 1. The molecule has 20 heavy (non-hydrogen) atoms. The van der Waals surface area contributed by atoms with E-state index in [1.807, 2.05) is 30.5 Å². The van der Waals surface area contributed by atoms with Gasteiger partial charge in [-0.1, -0.05) is 18.2 Å². The highest BCUT2D eigenvalue weighted by atomic mass is 16.1. The van der Waals surface area contributed by atoms with E-state index in [1.54, 1.807) is 0 Å². The molecule has 0 saturated carbocycles. The summed E-state index contributed by atoms with van der Waals surface area (Å²) in [6, 6.07) is 10.2. The first-order chi connectivity index (χ1) is 9.81. The third-order valence-electron chi connectivity index (χ3n) is 4.37. The SMILES string of the molecule is O=C1/C(=C\c2cnc3ccccc3c2)N2CCC1CC2. The van der Waals surface area contributed by atoms with Gasteiger partial charge < -0.3 is 4.90 Å². The molecule has 3 heteroatoms. The van der Waals surface area contributed by atoms with Gasteiger partial charge in [-0.2, -0.15) is 0 Å². The maximum Gasteiger partial charge on any atom is 0.182 e. The van der Waals surface area contributed by atoms with Gasteiger partial charge in [0.25, 0.3) is 0 Å². The third-order valence-corrected chi connectivity index (χ3v) is 4.37. The van der Waals surface area contributed by atoms with Crippen LogP contribution < -0.4 is 0 Å². The first-order valence-corrected chi connectivity index (χ1v) is 7.17. The van der Waals surface area contributed by atoms with Gasteiger partial charge in [-0.05, 0) is 36.6 Å². The number of rotatable bonds is 1. The highest BCUT2D eigenvalue weighted by molar-refractivity contribution is 6.02. The van der Waals surface area contributed by atoms with Gasteiger partial charge in [0.1, 0.15) is 0 Å². The van der Waals surface area contributed by atoms with Crippen LogP contribution in [-0.4, -0.2) is 28.8 Å². The van der Waals surface area contributed by atoms with Crippen LogP contribution in [0.25, 0.3) is 17.0 Å². The molecule has 1 aromatic heterocycles. The fourth-order valence-corrected chi connectivity index (χ4v) is 3.23. The Bertz CT molecular complexity index is 712. The summed E-state index contributed by atoms with van der Waals surface area (Å²) in [5, 5.41) is 1.12. The van der Waals surface area contributed by atoms with Crippen LogP contribution >= 0.6 is 0 Å². The Balaban J connectivity index is 1.76. The molecule has 5 rings (SSSR count). The summed E-state index contributed by atoms with van der Waals surface area (Å²) in [6.07, 6.45) is 5.90. The van der Waals surface area contributed by atoms with E-state index in [4.69, 9.17) is 0 Å². The first kappa shape index (κ1) is 11.6. The standard InChI is InChI=1S/C17H16N2O/c20-17-13-5-7-19(8-6-13)16(17)10-12-9-14-3-1-2-4-15(14)18-11-12/h1-4,9-11,13H,5-8H2/b16-10+. The molecule has 4 heterocycles. The van der Waals surface area contributed by atoms with Crippen molar-refractivity contribution >= 4 is 22.8 Å². The van der Waals surface area contributed by atoms with E-state index in [1.165, 1.54) is 0 Å². The molecule has 3 aliphatic rings. The zero-order chi connectivity index (χ0) is 13.5. The first-order valence-electron chi connectivity index (χ1n) is 7.17. The summed E-state index contributed by atoms with van der Waals surface area (Å²) in [5.74, 6) is 0.565. The van der Waals surface area contributed by atoms with Gasteiger partial charge in [-0.15, -0.1) is 0 Å². The summed E-state index contributed by atoms with van der Waals surface area (Å²) >= 11 is 0. The molecule has 0 N–H and O–H groups in total. The average molecular weight is 264 g/mol. The zero-order valence-electron chi connectivity index (χ0n) is 11.2. The van der Waals surface area contributed by atoms with Crippen molar-refractivity contribution in [1.82, 2.24) is 9.88 Å². The number of piperidine rings is 3. The van der Waals surface area contributed by atoms with Crippen LogP contribution in [-0.2, 0) is 4.79 Å². The molecular formula is C17H16N2O. The fourth-order valence-electron chi connectivity index (χ4n) is 3.23. The van der Waals surface area contributed by atoms with E-state index in [-0.39, 0.29) is 5.92 Å². The Labute approximate surface area is 117 Å². The number of hydrogen-bond donors (Lipinski definition) is 0. The molecule has 1 aromatic carbocycles. The number of ketones is 1. The van der Waals surface area contributed by atoms with Crippen molar-refractivity contribution < 1.29 is 4.79 Å². The lowest BCUT2D eigenvalue weighted by molar-refractivity contribution is -0.125. The van der Waals surface area contributed by atoms with E-state index in [9.17, 15) is 4.79 Å². The molecule has 100 valence electrons. The summed E-state index contributed by atoms with van der Waals surface area (Å²) in [4.78, 5) is 19.0. The van der Waals surface area contributed by atoms with Crippen LogP contribution in [0.2, 0.25) is 0 Å². The molecular weight excluding hydrogens is 248 g/mol. The molecule has 3 nitrogen and oxygen atoms in total. The number of hydrogen-bond acceptors (Lipinski definition) is 3. The second-order valence-corrected chi connectivity index (χ2v) is 5.62. The molecule has 0 spiro atoms. The molecule has 2 aromatic rings. The number of aromatic nitrogens is 1. The zero-order valence-corrected chi connectivity index (χ0v) is 11.2. The van der Waals surface area contributed by atoms with Gasteiger partial charge in [0.05, 0.1) is 11.2 Å². The number of Topliss-reactive ketones (excluding diaryl/α,β-unsaturated/α-hetero) is 1. The number of fused-ring (bicyclic) bond motifs is 4. The average Bonchev–Trinajstić information content (AvgIpc) is 2.51. The van der Waals surface area contributed by atoms with Crippen LogP contribution in [0.5, 0.6) is 0 Å². The molecule has 3 fully saturated rings. The Morgan fingerprint density at radius 3 is 2.80 bits per heavy atom. The van der Waals surface area contributed by atoms with Crippen LogP contribution in [0.3, 0.4) is 0 Å². The third kappa shape index (κ3) is 1.82. The highest BCUT2D eigenvalue weighted by Crippen LogP contribution is 2.32. The van der Waals surface area contributed by atoms with Crippen molar-refractivity contribution in [1.29, 1.82) is 0 Å². The molecule has 0 radical (unpaired) electrons. The number of pyridine rings is 1. The summed E-state index contributed by atoms with van der Waals surface area (Å²) in [7, 11) is 0. The molecule has 0 unspecified atom stereocenters. The van der Waals surface area contributed by atoms with Crippen LogP contribution in [0.1, 0.15) is 18.4 Å². The highest BCUT2D eigenvalue weighted by Gasteiger charge is 2.36. The van der Waals surface area contributed by atoms with Gasteiger partial charge in [-0.3, -0.25) is 9.78 Å². The monoisotopic (exact) mass is 264 g/mol. The van der Waals surface area contributed by atoms with Crippen LogP contribution in [0.15, 0.2) is 42.2 Å². The van der Waals surface area contributed by atoms with Gasteiger partial charge in [0, 0.05) is 30.6 Å². The second-order valence-electron chi connectivity index (χ2n) is 5.62. The maximum atomic E-state index is 12.3. The smallest absolute Gasteiger partial charge is 0.182 e. The van der Waals surface area contributed by atoms with Gasteiger partial charge in [0.2, 0.25) is 0 Å². The van der Waals surface area contributed by atoms with E-state index >= 15 is 0 Å². The van der Waals surface area contributed by atoms with Gasteiger partial charge in [0.15, 0.2) is 5.78 Å². The van der Waals surface area contributed by atoms with Crippen molar-refractivity contribution in [3.05, 3.63) is 47.8 Å². The van der Waals surface area contributed by atoms with Crippen molar-refractivity contribution in [3.63, 3.8) is 0 Å². The van der Waals surface area contributed by atoms with Crippen molar-refractivity contribution in [2.45, 2.75) is 12.8 Å². The predicted molar refractivity (Wildman–Crippen MR) is 79.0 cm³/mol. The topological polar surface area (TPSA) is 33.2 Å². The van der Waals surface area contributed by atoms with Crippen LogP contribution in [0, 0.1) is 5.92 Å². The molecule has 3 saturated heterocycles. The molecule has 0 aliphatic carbocycles. The lowest BCUT2D eigenvalue weighted by Gasteiger charge is -2.41. The molecule has 3 aliphatic heterocycles. The normalized spacial score (nSPS) is 21.1. The minimum absolute atomic E-state index is 0.250. The van der Waals surface area contributed by atoms with Gasteiger partial charge in [-0.25, -0.2) is 0 Å². The van der Waals surface area contributed by atoms with Crippen molar-refractivity contribution in [2.24, 2.45) is 5.92 Å². The number of para-hydroxylation sites is 1. The number of carbonyl (C=O) groups is 1. The van der Waals surface area contributed by atoms with E-state index in [0.717, 1.165) is 48.1 Å². The summed E-state index contributed by atoms with van der Waals surface area (Å²) in [6.45, 7) is 2.03. The molecule has 0 amide bonds. The van der Waals surface area contributed by atoms with Crippen LogP contribution in [0.4, 0.5) is 0 Å². The quantitative estimate of drug-likeness (QED) is 0.743. The molecule has 0 atom stereocenters. The lowest BCUT2D eigenvalue weighted by atomic mass is 9.84. The fraction of sp³-hybridized carbons (Fsp3) is 0.294. The largest absolute Gasteiger partial charge is 0.369 e. The summed E-state index contributed by atoms with van der Waals surface area (Å²) in [5.41, 5.74) is 2.88. The lowest BCUT2D eigenvalue weighted by Crippen LogP contribution is -2.45. The van der Waals surface area contributed by atoms with E-state index in [0.29, 0.717) is 5.78 Å². The Morgan fingerprint density at radius 2 is 2.00 bits per heavy atom. The minimum atomic E-state index is 0.250. The number of allylic oxidation sites excluding steroid dienone is 1. The number of nitrogens with zero attached hydrogens (tertiary/aromatic N) is 2. The van der Waals surface area contributed by atoms with E-state index in [2.05, 4.69) is 22.0 Å². The Kier molecular flexibility index (Phi) is 2.59. The molecule has 2 bridgehead atoms. The Morgan fingerprint density at radius 1 is 1.20 bits per heavy atom. The maximum absolute atomic E-state index is 12.3. The van der Waals surface area contributed by atoms with Crippen molar-refractivity contribution in [2.75, 3.05) is 13.1 Å². The number of carbonyl (C=O) groups excluding carboxylic acids is 1. The van der Waals surface area contributed by atoms with Gasteiger partial charge >= 0.3 is 0 Å². The summed E-state index contributed by atoms with van der Waals surface area (Å²) < 4.78 is 0. The predicted octanol–water partition coefficient (Wildman–Crippen LogP) is 2.87. The Hall–Kier alpha value is -2.16. The van der Waals surface area contributed by atoms with E-state index < -0.39 is 0 Å². The minimum Gasteiger partial charge on any atom is -0.369 e.